The molecule has 1 aliphatic heterocycles. The summed E-state index contributed by atoms with van der Waals surface area (Å²) in [6.07, 6.45) is 4.79. The second kappa shape index (κ2) is 8.54. The molecule has 4 nitrogen and oxygen atoms in total. The predicted octanol–water partition coefficient (Wildman–Crippen LogP) is 1.75. The minimum absolute atomic E-state index is 0.0925. The van der Waals surface area contributed by atoms with Crippen LogP contribution in [0.1, 0.15) is 53.4 Å². The summed E-state index contributed by atoms with van der Waals surface area (Å²) in [6, 6.07) is 0.603. The van der Waals surface area contributed by atoms with E-state index in [-0.39, 0.29) is 18.0 Å². The van der Waals surface area contributed by atoms with Crippen LogP contribution in [0.15, 0.2) is 0 Å². The molecule has 19 heavy (non-hydrogen) atoms. The lowest BCUT2D eigenvalue weighted by Crippen LogP contribution is -2.48. The fourth-order valence-electron chi connectivity index (χ4n) is 2.70. The molecule has 0 radical (unpaired) electrons. The zero-order valence-corrected chi connectivity index (χ0v) is 13.0. The molecule has 0 aromatic carbocycles. The SMILES string of the molecule is CCCN1CCCC(NC(C)C(=O)NC(C)C)CC1. The summed E-state index contributed by atoms with van der Waals surface area (Å²) in [5, 5.41) is 6.45. The maximum Gasteiger partial charge on any atom is 0.237 e. The number of nitrogens with one attached hydrogen (secondary N) is 2. The van der Waals surface area contributed by atoms with Crippen LogP contribution in [0, 0.1) is 0 Å². The number of rotatable bonds is 6. The zero-order chi connectivity index (χ0) is 14.3. The Morgan fingerprint density at radius 3 is 2.63 bits per heavy atom. The Morgan fingerprint density at radius 1 is 1.26 bits per heavy atom. The van der Waals surface area contributed by atoms with E-state index in [0.717, 1.165) is 13.0 Å². The van der Waals surface area contributed by atoms with Crippen LogP contribution in [0.5, 0.6) is 0 Å². The monoisotopic (exact) mass is 269 g/mol. The van der Waals surface area contributed by atoms with Gasteiger partial charge in [0.2, 0.25) is 5.91 Å². The van der Waals surface area contributed by atoms with Crippen LogP contribution in [0.3, 0.4) is 0 Å². The number of nitrogens with zero attached hydrogens (tertiary/aromatic N) is 1. The number of carbonyl (C=O) groups is 1. The first-order valence-corrected chi connectivity index (χ1v) is 7.81. The summed E-state index contributed by atoms with van der Waals surface area (Å²) in [7, 11) is 0. The van der Waals surface area contributed by atoms with Crippen LogP contribution in [0.25, 0.3) is 0 Å². The highest BCUT2D eigenvalue weighted by molar-refractivity contribution is 5.81. The minimum Gasteiger partial charge on any atom is -0.353 e. The van der Waals surface area contributed by atoms with E-state index in [4.69, 9.17) is 0 Å². The van der Waals surface area contributed by atoms with Crippen molar-refractivity contribution in [1.82, 2.24) is 15.5 Å². The van der Waals surface area contributed by atoms with Gasteiger partial charge in [-0.25, -0.2) is 0 Å². The molecule has 0 aliphatic carbocycles. The van der Waals surface area contributed by atoms with E-state index >= 15 is 0 Å². The van der Waals surface area contributed by atoms with Crippen molar-refractivity contribution in [3.8, 4) is 0 Å². The molecule has 0 spiro atoms. The first-order valence-electron chi connectivity index (χ1n) is 7.81. The second-order valence-corrected chi connectivity index (χ2v) is 6.02. The molecule has 1 fully saturated rings. The van der Waals surface area contributed by atoms with Gasteiger partial charge in [0.1, 0.15) is 0 Å². The van der Waals surface area contributed by atoms with Gasteiger partial charge >= 0.3 is 0 Å². The quantitative estimate of drug-likeness (QED) is 0.772. The topological polar surface area (TPSA) is 44.4 Å². The Bertz CT molecular complexity index is 268. The van der Waals surface area contributed by atoms with Crippen molar-refractivity contribution in [3.63, 3.8) is 0 Å². The van der Waals surface area contributed by atoms with Crippen molar-refractivity contribution in [2.45, 2.75) is 71.5 Å². The van der Waals surface area contributed by atoms with Gasteiger partial charge in [0.05, 0.1) is 6.04 Å². The van der Waals surface area contributed by atoms with Crippen molar-refractivity contribution in [2.75, 3.05) is 19.6 Å². The molecule has 1 saturated heterocycles. The second-order valence-electron chi connectivity index (χ2n) is 6.02. The van der Waals surface area contributed by atoms with E-state index in [1.54, 1.807) is 0 Å². The number of carbonyl (C=O) groups excluding carboxylic acids is 1. The van der Waals surface area contributed by atoms with Gasteiger partial charge in [-0.3, -0.25) is 4.79 Å². The molecule has 4 heteroatoms. The lowest BCUT2D eigenvalue weighted by atomic mass is 10.1. The van der Waals surface area contributed by atoms with Gasteiger partial charge < -0.3 is 15.5 Å². The third-order valence-corrected chi connectivity index (χ3v) is 3.67. The van der Waals surface area contributed by atoms with Crippen LogP contribution in [0.4, 0.5) is 0 Å². The van der Waals surface area contributed by atoms with Gasteiger partial charge in [0.15, 0.2) is 0 Å². The Labute approximate surface area is 118 Å². The molecule has 1 rings (SSSR count). The summed E-state index contributed by atoms with van der Waals surface area (Å²) in [5.74, 6) is 0.115. The van der Waals surface area contributed by atoms with Crippen molar-refractivity contribution in [1.29, 1.82) is 0 Å². The standard InChI is InChI=1S/C15H31N3O/c1-5-9-18-10-6-7-14(8-11-18)17-13(4)15(19)16-12(2)3/h12-14,17H,5-11H2,1-4H3,(H,16,19). The summed E-state index contributed by atoms with van der Waals surface area (Å²) in [6.45, 7) is 11.8. The Morgan fingerprint density at radius 2 is 2.00 bits per heavy atom. The Hall–Kier alpha value is -0.610. The number of likely N-dealkylation sites (tertiary alicyclic amines) is 1. The van der Waals surface area contributed by atoms with Crippen molar-refractivity contribution in [2.24, 2.45) is 0 Å². The maximum atomic E-state index is 11.9. The molecule has 0 bridgehead atoms. The van der Waals surface area contributed by atoms with Crippen molar-refractivity contribution < 1.29 is 4.79 Å². The lowest BCUT2D eigenvalue weighted by molar-refractivity contribution is -0.123. The molecular weight excluding hydrogens is 238 g/mol. The molecule has 2 unspecified atom stereocenters. The number of hydrogen-bond acceptors (Lipinski definition) is 3. The zero-order valence-electron chi connectivity index (χ0n) is 13.0. The smallest absolute Gasteiger partial charge is 0.237 e. The van der Waals surface area contributed by atoms with Gasteiger partial charge in [-0.15, -0.1) is 0 Å². The van der Waals surface area contributed by atoms with Gasteiger partial charge in [-0.1, -0.05) is 6.92 Å². The van der Waals surface area contributed by atoms with E-state index in [2.05, 4.69) is 22.5 Å². The average Bonchev–Trinajstić information content (AvgIpc) is 2.54. The lowest BCUT2D eigenvalue weighted by Gasteiger charge is -2.23. The molecule has 2 N–H and O–H groups in total. The van der Waals surface area contributed by atoms with Crippen LogP contribution >= 0.6 is 0 Å². The van der Waals surface area contributed by atoms with E-state index in [0.29, 0.717) is 6.04 Å². The normalized spacial score (nSPS) is 23.1. The van der Waals surface area contributed by atoms with Crippen LogP contribution in [0.2, 0.25) is 0 Å². The molecule has 0 aromatic heterocycles. The molecule has 1 aliphatic rings. The highest BCUT2D eigenvalue weighted by Gasteiger charge is 2.21. The van der Waals surface area contributed by atoms with E-state index < -0.39 is 0 Å². The summed E-state index contributed by atoms with van der Waals surface area (Å²) < 4.78 is 0. The van der Waals surface area contributed by atoms with Gasteiger partial charge in [0, 0.05) is 12.1 Å². The Balaban J connectivity index is 2.34. The summed E-state index contributed by atoms with van der Waals surface area (Å²) in [4.78, 5) is 14.4. The van der Waals surface area contributed by atoms with Crippen molar-refractivity contribution >= 4 is 5.91 Å². The van der Waals surface area contributed by atoms with Gasteiger partial charge in [-0.2, -0.15) is 0 Å². The van der Waals surface area contributed by atoms with Crippen LogP contribution < -0.4 is 10.6 Å². The highest BCUT2D eigenvalue weighted by atomic mass is 16.2. The predicted molar refractivity (Wildman–Crippen MR) is 80.2 cm³/mol. The van der Waals surface area contributed by atoms with Crippen LogP contribution in [-0.2, 0) is 4.79 Å². The summed E-state index contributed by atoms with van der Waals surface area (Å²) in [5.41, 5.74) is 0. The first-order chi connectivity index (χ1) is 9.02. The first kappa shape index (κ1) is 16.4. The van der Waals surface area contributed by atoms with E-state index in [9.17, 15) is 4.79 Å². The molecule has 0 aromatic rings. The third-order valence-electron chi connectivity index (χ3n) is 3.67. The fourth-order valence-corrected chi connectivity index (χ4v) is 2.70. The molecule has 1 amide bonds. The van der Waals surface area contributed by atoms with E-state index in [1.807, 2.05) is 20.8 Å². The Kier molecular flexibility index (Phi) is 7.39. The average molecular weight is 269 g/mol. The van der Waals surface area contributed by atoms with Gasteiger partial charge in [0.25, 0.3) is 0 Å². The molecule has 2 atom stereocenters. The summed E-state index contributed by atoms with van der Waals surface area (Å²) >= 11 is 0. The van der Waals surface area contributed by atoms with Gasteiger partial charge in [-0.05, 0) is 66.1 Å². The fraction of sp³-hybridized carbons (Fsp3) is 0.933. The molecule has 1 heterocycles. The molecule has 112 valence electrons. The maximum absolute atomic E-state index is 11.9. The number of amides is 1. The van der Waals surface area contributed by atoms with E-state index in [1.165, 1.54) is 32.4 Å². The largest absolute Gasteiger partial charge is 0.353 e. The van der Waals surface area contributed by atoms with Crippen LogP contribution in [-0.4, -0.2) is 48.6 Å². The van der Waals surface area contributed by atoms with Crippen molar-refractivity contribution in [3.05, 3.63) is 0 Å². The third kappa shape index (κ3) is 6.39. The number of hydrogen-bond donors (Lipinski definition) is 2. The molecular formula is C15H31N3O. The minimum atomic E-state index is -0.0925. The molecule has 0 saturated carbocycles. The highest BCUT2D eigenvalue weighted by Crippen LogP contribution is 2.12.